The van der Waals surface area contributed by atoms with Gasteiger partial charge in [0.15, 0.2) is 0 Å². The maximum Gasteiger partial charge on any atom is 0.275 e. The number of amidine groups is 1. The lowest BCUT2D eigenvalue weighted by Crippen LogP contribution is -2.24. The first-order valence-electron chi connectivity index (χ1n) is 8.15. The first-order chi connectivity index (χ1) is 11.4. The molecule has 0 saturated carbocycles. The Morgan fingerprint density at radius 3 is 2.50 bits per heavy atom. The van der Waals surface area contributed by atoms with Gasteiger partial charge in [-0.1, -0.05) is 45.0 Å². The van der Waals surface area contributed by atoms with Gasteiger partial charge in [-0.15, -0.1) is 0 Å². The van der Waals surface area contributed by atoms with Crippen molar-refractivity contribution >= 4 is 17.8 Å². The highest BCUT2D eigenvalue weighted by atomic mass is 16.3. The standard InChI is InChI=1S/C20H22N2O2/c1-20(2,3)15-8-6-14(7-9-15)13-17-19(23)22-18(21-17)11-10-16-5-4-12-24-16/h4-9,12-13H,10-11H2,1-3H3,(H,21,22,23)/b17-13+. The molecule has 0 bridgehead atoms. The van der Waals surface area contributed by atoms with E-state index >= 15 is 0 Å². The molecule has 3 rings (SSSR count). The minimum absolute atomic E-state index is 0.119. The van der Waals surface area contributed by atoms with E-state index in [1.54, 1.807) is 6.26 Å². The third-order valence-electron chi connectivity index (χ3n) is 4.01. The maximum atomic E-state index is 12.1. The smallest absolute Gasteiger partial charge is 0.275 e. The molecule has 0 atom stereocenters. The third-order valence-corrected chi connectivity index (χ3v) is 4.01. The summed E-state index contributed by atoms with van der Waals surface area (Å²) in [6.45, 7) is 6.54. The van der Waals surface area contributed by atoms with Crippen molar-refractivity contribution in [1.82, 2.24) is 5.32 Å². The summed E-state index contributed by atoms with van der Waals surface area (Å²) in [4.78, 5) is 16.5. The number of amides is 1. The monoisotopic (exact) mass is 322 g/mol. The van der Waals surface area contributed by atoms with E-state index in [0.717, 1.165) is 17.7 Å². The van der Waals surface area contributed by atoms with E-state index < -0.39 is 0 Å². The average Bonchev–Trinajstić information content (AvgIpc) is 3.15. The molecule has 2 aromatic rings. The van der Waals surface area contributed by atoms with Gasteiger partial charge in [0.1, 0.15) is 17.3 Å². The molecule has 1 aromatic carbocycles. The van der Waals surface area contributed by atoms with Gasteiger partial charge in [-0.05, 0) is 34.8 Å². The molecule has 124 valence electrons. The van der Waals surface area contributed by atoms with Gasteiger partial charge in [-0.2, -0.15) is 0 Å². The second-order valence-corrected chi connectivity index (χ2v) is 6.99. The van der Waals surface area contributed by atoms with Crippen LogP contribution in [0.15, 0.2) is 57.8 Å². The second kappa shape index (κ2) is 6.48. The van der Waals surface area contributed by atoms with Gasteiger partial charge in [0.2, 0.25) is 0 Å². The summed E-state index contributed by atoms with van der Waals surface area (Å²) in [7, 11) is 0. The molecule has 0 radical (unpaired) electrons. The second-order valence-electron chi connectivity index (χ2n) is 6.99. The predicted molar refractivity (Wildman–Crippen MR) is 95.7 cm³/mol. The summed E-state index contributed by atoms with van der Waals surface area (Å²) in [5.74, 6) is 1.43. The predicted octanol–water partition coefficient (Wildman–Crippen LogP) is 4.08. The van der Waals surface area contributed by atoms with Crippen LogP contribution in [-0.4, -0.2) is 11.7 Å². The number of carbonyl (C=O) groups excluding carboxylic acids is 1. The van der Waals surface area contributed by atoms with E-state index in [-0.39, 0.29) is 11.3 Å². The van der Waals surface area contributed by atoms with Crippen LogP contribution in [0.4, 0.5) is 0 Å². The van der Waals surface area contributed by atoms with E-state index in [9.17, 15) is 4.79 Å². The molecule has 0 saturated heterocycles. The zero-order valence-corrected chi connectivity index (χ0v) is 14.3. The van der Waals surface area contributed by atoms with Crippen LogP contribution in [0.2, 0.25) is 0 Å². The topological polar surface area (TPSA) is 54.6 Å². The molecule has 0 spiro atoms. The Morgan fingerprint density at radius 1 is 1.12 bits per heavy atom. The lowest BCUT2D eigenvalue weighted by Gasteiger charge is -2.18. The molecule has 1 amide bonds. The average molecular weight is 322 g/mol. The number of benzene rings is 1. The number of aliphatic imine (C=N–C) groups is 1. The molecular formula is C20H22N2O2. The summed E-state index contributed by atoms with van der Waals surface area (Å²) in [5, 5.41) is 2.82. The molecule has 1 aliphatic heterocycles. The van der Waals surface area contributed by atoms with E-state index in [1.165, 1.54) is 5.56 Å². The molecule has 1 aromatic heterocycles. The summed E-state index contributed by atoms with van der Waals surface area (Å²) < 4.78 is 5.30. The SMILES string of the molecule is CC(C)(C)c1ccc(/C=C2/N=C(CCc3ccco3)NC2=O)cc1. The Bertz CT molecular complexity index is 776. The summed E-state index contributed by atoms with van der Waals surface area (Å²) in [6.07, 6.45) is 4.85. The Kier molecular flexibility index (Phi) is 4.38. The van der Waals surface area contributed by atoms with E-state index in [1.807, 2.05) is 30.3 Å². The van der Waals surface area contributed by atoms with Gasteiger partial charge in [-0.3, -0.25) is 4.79 Å². The third kappa shape index (κ3) is 3.82. The number of hydrogen-bond donors (Lipinski definition) is 1. The fourth-order valence-corrected chi connectivity index (χ4v) is 2.57. The van der Waals surface area contributed by atoms with Crippen LogP contribution in [-0.2, 0) is 16.6 Å². The van der Waals surface area contributed by atoms with Crippen molar-refractivity contribution in [3.05, 3.63) is 65.2 Å². The van der Waals surface area contributed by atoms with Gasteiger partial charge in [0, 0.05) is 12.8 Å². The van der Waals surface area contributed by atoms with Crippen LogP contribution in [0.1, 0.15) is 44.1 Å². The van der Waals surface area contributed by atoms with Gasteiger partial charge < -0.3 is 9.73 Å². The van der Waals surface area contributed by atoms with Crippen molar-refractivity contribution in [2.45, 2.75) is 39.0 Å². The largest absolute Gasteiger partial charge is 0.469 e. The number of carbonyl (C=O) groups is 1. The first kappa shape index (κ1) is 16.2. The fraction of sp³-hybridized carbons (Fsp3) is 0.300. The van der Waals surface area contributed by atoms with Crippen molar-refractivity contribution in [1.29, 1.82) is 0 Å². The van der Waals surface area contributed by atoms with Gasteiger partial charge in [0.05, 0.1) is 6.26 Å². The Hall–Kier alpha value is -2.62. The molecule has 1 N–H and O–H groups in total. The van der Waals surface area contributed by atoms with Crippen molar-refractivity contribution < 1.29 is 9.21 Å². The van der Waals surface area contributed by atoms with Gasteiger partial charge in [-0.25, -0.2) is 4.99 Å². The Morgan fingerprint density at radius 2 is 1.88 bits per heavy atom. The molecule has 0 fully saturated rings. The molecule has 2 heterocycles. The van der Waals surface area contributed by atoms with Gasteiger partial charge in [0.25, 0.3) is 5.91 Å². The quantitative estimate of drug-likeness (QED) is 0.862. The van der Waals surface area contributed by atoms with Crippen LogP contribution in [0.25, 0.3) is 6.08 Å². The van der Waals surface area contributed by atoms with Crippen molar-refractivity contribution in [2.24, 2.45) is 4.99 Å². The number of nitrogens with one attached hydrogen (secondary N) is 1. The number of nitrogens with zero attached hydrogens (tertiary/aromatic N) is 1. The normalized spacial score (nSPS) is 16.4. The molecule has 0 aliphatic carbocycles. The van der Waals surface area contributed by atoms with E-state index in [4.69, 9.17) is 4.42 Å². The first-order valence-corrected chi connectivity index (χ1v) is 8.15. The molecule has 24 heavy (non-hydrogen) atoms. The lowest BCUT2D eigenvalue weighted by molar-refractivity contribution is -0.115. The van der Waals surface area contributed by atoms with Crippen LogP contribution in [0.3, 0.4) is 0 Å². The van der Waals surface area contributed by atoms with Crippen molar-refractivity contribution in [3.8, 4) is 0 Å². The molecule has 1 aliphatic rings. The highest BCUT2D eigenvalue weighted by Crippen LogP contribution is 2.23. The lowest BCUT2D eigenvalue weighted by atomic mass is 9.87. The molecular weight excluding hydrogens is 300 g/mol. The molecule has 4 heteroatoms. The van der Waals surface area contributed by atoms with Crippen molar-refractivity contribution in [2.75, 3.05) is 0 Å². The van der Waals surface area contributed by atoms with E-state index in [0.29, 0.717) is 18.0 Å². The minimum atomic E-state index is -0.149. The van der Waals surface area contributed by atoms with Crippen LogP contribution >= 0.6 is 0 Å². The van der Waals surface area contributed by atoms with Crippen molar-refractivity contribution in [3.63, 3.8) is 0 Å². The number of rotatable bonds is 4. The summed E-state index contributed by atoms with van der Waals surface area (Å²) >= 11 is 0. The fourth-order valence-electron chi connectivity index (χ4n) is 2.57. The highest BCUT2D eigenvalue weighted by Gasteiger charge is 2.20. The number of aryl methyl sites for hydroxylation is 1. The Balaban J connectivity index is 1.71. The Labute approximate surface area is 142 Å². The van der Waals surface area contributed by atoms with Crippen LogP contribution in [0, 0.1) is 0 Å². The van der Waals surface area contributed by atoms with Gasteiger partial charge >= 0.3 is 0 Å². The highest BCUT2D eigenvalue weighted by molar-refractivity contribution is 6.14. The minimum Gasteiger partial charge on any atom is -0.469 e. The van der Waals surface area contributed by atoms with E-state index in [2.05, 4.69) is 43.2 Å². The van der Waals surface area contributed by atoms with Crippen LogP contribution in [0.5, 0.6) is 0 Å². The number of furan rings is 1. The maximum absolute atomic E-state index is 12.1. The zero-order valence-electron chi connectivity index (χ0n) is 14.3. The van der Waals surface area contributed by atoms with Crippen LogP contribution < -0.4 is 5.32 Å². The summed E-state index contributed by atoms with van der Waals surface area (Å²) in [5.41, 5.74) is 2.81. The number of hydrogen-bond acceptors (Lipinski definition) is 3. The molecule has 4 nitrogen and oxygen atoms in total. The zero-order chi connectivity index (χ0) is 17.2. The summed E-state index contributed by atoms with van der Waals surface area (Å²) in [6, 6.07) is 12.0. The molecule has 0 unspecified atom stereocenters.